The maximum atomic E-state index is 12.6. The Morgan fingerprint density at radius 3 is 2.55 bits per heavy atom. The second-order valence-corrected chi connectivity index (χ2v) is 6.44. The van der Waals surface area contributed by atoms with Crippen LogP contribution in [0.5, 0.6) is 5.75 Å². The van der Waals surface area contributed by atoms with Crippen LogP contribution in [0.1, 0.15) is 36.2 Å². The number of nitrogens with zero attached hydrogens (tertiary/aromatic N) is 2. The van der Waals surface area contributed by atoms with Crippen molar-refractivity contribution in [2.45, 2.75) is 26.3 Å². The first-order valence-electron chi connectivity index (χ1n) is 8.99. The second-order valence-electron chi connectivity index (χ2n) is 6.44. The zero-order chi connectivity index (χ0) is 21.4. The van der Waals surface area contributed by atoms with E-state index in [1.54, 1.807) is 30.3 Å². The molecule has 152 valence electrons. The van der Waals surface area contributed by atoms with Crippen LogP contribution in [0.25, 0.3) is 0 Å². The van der Waals surface area contributed by atoms with Crippen LogP contribution in [0.15, 0.2) is 53.6 Å². The number of nitrogens with one attached hydrogen (secondary N) is 2. The van der Waals surface area contributed by atoms with E-state index in [9.17, 15) is 24.8 Å². The van der Waals surface area contributed by atoms with Crippen molar-refractivity contribution in [3.63, 3.8) is 0 Å². The van der Waals surface area contributed by atoms with E-state index < -0.39 is 16.9 Å². The number of hydrogen-bond donors (Lipinski definition) is 3. The third-order valence-electron chi connectivity index (χ3n) is 4.42. The van der Waals surface area contributed by atoms with Crippen molar-refractivity contribution < 1.29 is 19.6 Å². The van der Waals surface area contributed by atoms with Crippen molar-refractivity contribution in [2.75, 3.05) is 0 Å². The SMILES string of the molecule is CCC(C)[C@H](NC(=O)c1ccccc1)C(=O)NN=Cc1cc([N+](=O)[O-])ccc1O. The normalized spacial score (nSPS) is 12.9. The molecule has 0 bridgehead atoms. The summed E-state index contributed by atoms with van der Waals surface area (Å²) in [7, 11) is 0. The van der Waals surface area contributed by atoms with E-state index in [-0.39, 0.29) is 28.8 Å². The zero-order valence-electron chi connectivity index (χ0n) is 16.0. The smallest absolute Gasteiger partial charge is 0.270 e. The van der Waals surface area contributed by atoms with Gasteiger partial charge >= 0.3 is 0 Å². The molecule has 0 saturated heterocycles. The number of nitro groups is 1. The second kappa shape index (κ2) is 9.98. The number of carbonyl (C=O) groups excluding carboxylic acids is 2. The first-order valence-corrected chi connectivity index (χ1v) is 8.99. The average molecular weight is 398 g/mol. The highest BCUT2D eigenvalue weighted by atomic mass is 16.6. The Hall–Kier alpha value is -3.75. The van der Waals surface area contributed by atoms with Gasteiger partial charge in [0.25, 0.3) is 17.5 Å². The lowest BCUT2D eigenvalue weighted by Crippen LogP contribution is -2.49. The Balaban J connectivity index is 2.10. The highest BCUT2D eigenvalue weighted by Gasteiger charge is 2.26. The Bertz CT molecular complexity index is 914. The van der Waals surface area contributed by atoms with Crippen LogP contribution in [-0.4, -0.2) is 34.1 Å². The quantitative estimate of drug-likeness (QED) is 0.357. The predicted octanol–water partition coefficient (Wildman–Crippen LogP) is 2.60. The van der Waals surface area contributed by atoms with Crippen LogP contribution in [0.4, 0.5) is 5.69 Å². The van der Waals surface area contributed by atoms with E-state index in [2.05, 4.69) is 15.8 Å². The van der Waals surface area contributed by atoms with Gasteiger partial charge in [0.05, 0.1) is 11.1 Å². The van der Waals surface area contributed by atoms with Crippen LogP contribution in [0, 0.1) is 16.0 Å². The molecule has 2 aromatic rings. The molecule has 2 amide bonds. The molecule has 0 saturated carbocycles. The molecule has 0 spiro atoms. The molecule has 0 aromatic heterocycles. The molecule has 0 radical (unpaired) electrons. The van der Waals surface area contributed by atoms with Gasteiger partial charge in [-0.25, -0.2) is 5.43 Å². The molecule has 1 unspecified atom stereocenters. The molecule has 3 N–H and O–H groups in total. The van der Waals surface area contributed by atoms with Crippen molar-refractivity contribution in [1.29, 1.82) is 0 Å². The Kier molecular flexibility index (Phi) is 7.41. The molecule has 0 fully saturated rings. The van der Waals surface area contributed by atoms with E-state index in [1.807, 2.05) is 13.8 Å². The predicted molar refractivity (Wildman–Crippen MR) is 108 cm³/mol. The number of nitro benzene ring substituents is 1. The number of benzene rings is 2. The third-order valence-corrected chi connectivity index (χ3v) is 4.42. The highest BCUT2D eigenvalue weighted by Crippen LogP contribution is 2.21. The number of carbonyl (C=O) groups is 2. The minimum atomic E-state index is -0.830. The summed E-state index contributed by atoms with van der Waals surface area (Å²) in [6.07, 6.45) is 1.75. The molecule has 9 heteroatoms. The van der Waals surface area contributed by atoms with E-state index in [0.717, 1.165) is 18.3 Å². The Morgan fingerprint density at radius 2 is 1.93 bits per heavy atom. The average Bonchev–Trinajstić information content (AvgIpc) is 2.72. The van der Waals surface area contributed by atoms with Gasteiger partial charge in [0.2, 0.25) is 0 Å². The van der Waals surface area contributed by atoms with Crippen molar-refractivity contribution in [3.05, 3.63) is 69.8 Å². The number of amides is 2. The molecule has 29 heavy (non-hydrogen) atoms. The van der Waals surface area contributed by atoms with E-state index in [1.165, 1.54) is 6.07 Å². The summed E-state index contributed by atoms with van der Waals surface area (Å²) in [5, 5.41) is 27.1. The van der Waals surface area contributed by atoms with Crippen molar-refractivity contribution >= 4 is 23.7 Å². The fraction of sp³-hybridized carbons (Fsp3) is 0.250. The largest absolute Gasteiger partial charge is 0.507 e. The maximum Gasteiger partial charge on any atom is 0.270 e. The standard InChI is InChI=1S/C20H22N4O5/c1-3-13(2)18(22-19(26)14-7-5-4-6-8-14)20(27)23-21-12-15-11-16(24(28)29)9-10-17(15)25/h4-13,18,25H,3H2,1-2H3,(H,22,26)(H,23,27)/t13?,18-/m0/s1. The molecule has 0 aliphatic rings. The first kappa shape index (κ1) is 21.5. The fourth-order valence-electron chi connectivity index (χ4n) is 2.51. The highest BCUT2D eigenvalue weighted by molar-refractivity contribution is 5.97. The molecular formula is C20H22N4O5. The summed E-state index contributed by atoms with van der Waals surface area (Å²) in [6.45, 7) is 3.72. The Morgan fingerprint density at radius 1 is 1.24 bits per heavy atom. The van der Waals surface area contributed by atoms with Gasteiger partial charge in [0.15, 0.2) is 0 Å². The fourth-order valence-corrected chi connectivity index (χ4v) is 2.51. The maximum absolute atomic E-state index is 12.6. The number of rotatable bonds is 8. The van der Waals surface area contributed by atoms with Gasteiger partial charge < -0.3 is 10.4 Å². The summed E-state index contributed by atoms with van der Waals surface area (Å²) in [5.41, 5.74) is 2.60. The molecule has 9 nitrogen and oxygen atoms in total. The summed E-state index contributed by atoms with van der Waals surface area (Å²) in [4.78, 5) is 35.2. The van der Waals surface area contributed by atoms with Crippen molar-refractivity contribution in [2.24, 2.45) is 11.0 Å². The number of hydrogen-bond acceptors (Lipinski definition) is 6. The van der Waals surface area contributed by atoms with Gasteiger partial charge in [0.1, 0.15) is 11.8 Å². The molecule has 2 aromatic carbocycles. The van der Waals surface area contributed by atoms with Gasteiger partial charge in [-0.3, -0.25) is 19.7 Å². The first-order chi connectivity index (χ1) is 13.8. The van der Waals surface area contributed by atoms with Crippen LogP contribution >= 0.6 is 0 Å². The molecule has 0 heterocycles. The van der Waals surface area contributed by atoms with E-state index in [4.69, 9.17) is 0 Å². The van der Waals surface area contributed by atoms with E-state index >= 15 is 0 Å². The number of non-ortho nitro benzene ring substituents is 1. The van der Waals surface area contributed by atoms with Gasteiger partial charge in [-0.15, -0.1) is 0 Å². The summed E-state index contributed by atoms with van der Waals surface area (Å²) in [5.74, 6) is -1.30. The minimum absolute atomic E-state index is 0.0768. The van der Waals surface area contributed by atoms with Gasteiger partial charge in [-0.2, -0.15) is 5.10 Å². The van der Waals surface area contributed by atoms with Crippen LogP contribution in [-0.2, 0) is 4.79 Å². The van der Waals surface area contributed by atoms with Crippen LogP contribution in [0.3, 0.4) is 0 Å². The van der Waals surface area contributed by atoms with Crippen molar-refractivity contribution in [3.8, 4) is 5.75 Å². The van der Waals surface area contributed by atoms with Crippen LogP contribution < -0.4 is 10.7 Å². The van der Waals surface area contributed by atoms with Crippen molar-refractivity contribution in [1.82, 2.24) is 10.7 Å². The molecule has 0 aliphatic carbocycles. The van der Waals surface area contributed by atoms with Gasteiger partial charge in [0, 0.05) is 23.3 Å². The molecule has 2 atom stereocenters. The number of hydrazone groups is 1. The topological polar surface area (TPSA) is 134 Å². The van der Waals surface area contributed by atoms with Gasteiger partial charge in [-0.1, -0.05) is 38.5 Å². The summed E-state index contributed by atoms with van der Waals surface area (Å²) >= 11 is 0. The zero-order valence-corrected chi connectivity index (χ0v) is 16.0. The lowest BCUT2D eigenvalue weighted by molar-refractivity contribution is -0.384. The lowest BCUT2D eigenvalue weighted by Gasteiger charge is -2.22. The number of aromatic hydroxyl groups is 1. The Labute approximate surface area is 167 Å². The number of phenols is 1. The molecule has 0 aliphatic heterocycles. The monoisotopic (exact) mass is 398 g/mol. The van der Waals surface area contributed by atoms with Gasteiger partial charge in [-0.05, 0) is 24.1 Å². The number of phenolic OH excluding ortho intramolecular Hbond substituents is 1. The third kappa shape index (κ3) is 5.86. The van der Waals surface area contributed by atoms with Crippen LogP contribution in [0.2, 0.25) is 0 Å². The molecular weight excluding hydrogens is 376 g/mol. The van der Waals surface area contributed by atoms with E-state index in [0.29, 0.717) is 12.0 Å². The summed E-state index contributed by atoms with van der Waals surface area (Å²) < 4.78 is 0. The molecule has 2 rings (SSSR count). The minimum Gasteiger partial charge on any atom is -0.507 e. The lowest BCUT2D eigenvalue weighted by atomic mass is 9.98. The summed E-state index contributed by atoms with van der Waals surface area (Å²) in [6, 6.07) is 11.2.